The van der Waals surface area contributed by atoms with Gasteiger partial charge in [0.2, 0.25) is 5.91 Å². The summed E-state index contributed by atoms with van der Waals surface area (Å²) in [6.45, 7) is 6.33. The molecule has 0 aliphatic carbocycles. The molecule has 1 atom stereocenters. The minimum atomic E-state index is -0.521. The summed E-state index contributed by atoms with van der Waals surface area (Å²) in [6.07, 6.45) is 1.60. The average molecular weight is 203 g/mol. The van der Waals surface area contributed by atoms with Crippen molar-refractivity contribution in [3.8, 4) is 0 Å². The monoisotopic (exact) mass is 203 g/mol. The Morgan fingerprint density at radius 3 is 2.57 bits per heavy atom. The number of aliphatic hydroxyl groups excluding tert-OH is 1. The minimum absolute atomic E-state index is 0.0526. The van der Waals surface area contributed by atoms with Gasteiger partial charge in [-0.25, -0.2) is 0 Å². The van der Waals surface area contributed by atoms with E-state index in [1.807, 2.05) is 20.8 Å². The largest absolute Gasteiger partial charge is 0.394 e. The van der Waals surface area contributed by atoms with E-state index in [1.165, 1.54) is 0 Å². The lowest BCUT2D eigenvalue weighted by Gasteiger charge is -2.27. The molecule has 0 aromatic heterocycles. The van der Waals surface area contributed by atoms with Crippen molar-refractivity contribution in [3.05, 3.63) is 0 Å². The van der Waals surface area contributed by atoms with Crippen molar-refractivity contribution in [2.75, 3.05) is 19.8 Å². The lowest BCUT2D eigenvalue weighted by atomic mass is 10.0. The Hall–Kier alpha value is -0.610. The normalized spacial score (nSPS) is 14.9. The van der Waals surface area contributed by atoms with Crippen molar-refractivity contribution in [1.29, 1.82) is 0 Å². The fraction of sp³-hybridized carbons (Fsp3) is 0.900. The maximum absolute atomic E-state index is 11.3. The van der Waals surface area contributed by atoms with Crippen molar-refractivity contribution in [2.45, 2.75) is 39.2 Å². The van der Waals surface area contributed by atoms with E-state index in [1.54, 1.807) is 0 Å². The Labute approximate surface area is 85.6 Å². The van der Waals surface area contributed by atoms with Crippen LogP contribution in [0.4, 0.5) is 0 Å². The molecule has 0 radical (unpaired) electrons. The SMILES string of the molecule is CCCOCC(=O)NC(C)(CC)CO. The molecule has 0 saturated carbocycles. The molecular weight excluding hydrogens is 182 g/mol. The third kappa shape index (κ3) is 5.19. The van der Waals surface area contributed by atoms with Gasteiger partial charge in [-0.1, -0.05) is 13.8 Å². The fourth-order valence-electron chi connectivity index (χ4n) is 0.922. The Bertz CT molecular complexity index is 167. The van der Waals surface area contributed by atoms with Crippen LogP contribution in [-0.4, -0.2) is 36.4 Å². The van der Waals surface area contributed by atoms with Crippen LogP contribution in [0.15, 0.2) is 0 Å². The molecule has 84 valence electrons. The van der Waals surface area contributed by atoms with Gasteiger partial charge in [-0.3, -0.25) is 4.79 Å². The molecule has 0 aromatic rings. The number of ether oxygens (including phenoxy) is 1. The van der Waals surface area contributed by atoms with E-state index in [9.17, 15) is 4.79 Å². The lowest BCUT2D eigenvalue weighted by Crippen LogP contribution is -2.49. The zero-order valence-electron chi connectivity index (χ0n) is 9.30. The molecule has 1 amide bonds. The second kappa shape index (κ2) is 6.79. The van der Waals surface area contributed by atoms with E-state index in [-0.39, 0.29) is 19.1 Å². The zero-order chi connectivity index (χ0) is 11.0. The summed E-state index contributed by atoms with van der Waals surface area (Å²) in [5.41, 5.74) is -0.521. The average Bonchev–Trinajstić information content (AvgIpc) is 2.18. The number of aliphatic hydroxyl groups is 1. The molecule has 0 aromatic carbocycles. The van der Waals surface area contributed by atoms with E-state index in [4.69, 9.17) is 9.84 Å². The summed E-state index contributed by atoms with van der Waals surface area (Å²) in [5.74, 6) is -0.170. The maximum atomic E-state index is 11.3. The minimum Gasteiger partial charge on any atom is -0.394 e. The van der Waals surface area contributed by atoms with Crippen molar-refractivity contribution in [1.82, 2.24) is 5.32 Å². The van der Waals surface area contributed by atoms with Crippen LogP contribution in [0.25, 0.3) is 0 Å². The first-order valence-corrected chi connectivity index (χ1v) is 5.07. The predicted molar refractivity (Wildman–Crippen MR) is 55.0 cm³/mol. The van der Waals surface area contributed by atoms with Crippen LogP contribution in [0.1, 0.15) is 33.6 Å². The smallest absolute Gasteiger partial charge is 0.246 e. The summed E-state index contributed by atoms with van der Waals surface area (Å²) in [4.78, 5) is 11.3. The second-order valence-corrected chi connectivity index (χ2v) is 3.67. The van der Waals surface area contributed by atoms with Gasteiger partial charge < -0.3 is 15.2 Å². The number of amides is 1. The van der Waals surface area contributed by atoms with E-state index < -0.39 is 5.54 Å². The Morgan fingerprint density at radius 1 is 1.50 bits per heavy atom. The maximum Gasteiger partial charge on any atom is 0.246 e. The topological polar surface area (TPSA) is 58.6 Å². The molecule has 0 bridgehead atoms. The fourth-order valence-corrected chi connectivity index (χ4v) is 0.922. The van der Waals surface area contributed by atoms with Crippen LogP contribution in [-0.2, 0) is 9.53 Å². The Balaban J connectivity index is 3.80. The van der Waals surface area contributed by atoms with Gasteiger partial charge in [0.15, 0.2) is 0 Å². The van der Waals surface area contributed by atoms with Crippen molar-refractivity contribution < 1.29 is 14.6 Å². The molecule has 0 aliphatic heterocycles. The van der Waals surface area contributed by atoms with Gasteiger partial charge in [0.25, 0.3) is 0 Å². The van der Waals surface area contributed by atoms with Gasteiger partial charge in [0, 0.05) is 6.61 Å². The van der Waals surface area contributed by atoms with Gasteiger partial charge in [0.05, 0.1) is 12.1 Å². The molecule has 0 heterocycles. The van der Waals surface area contributed by atoms with E-state index in [0.717, 1.165) is 6.42 Å². The van der Waals surface area contributed by atoms with E-state index in [0.29, 0.717) is 13.0 Å². The number of rotatable bonds is 7. The quantitative estimate of drug-likeness (QED) is 0.598. The molecule has 0 fully saturated rings. The van der Waals surface area contributed by atoms with Crippen LogP contribution in [0, 0.1) is 0 Å². The number of hydrogen-bond acceptors (Lipinski definition) is 3. The summed E-state index contributed by atoms with van der Waals surface area (Å²) >= 11 is 0. The highest BCUT2D eigenvalue weighted by molar-refractivity contribution is 5.78. The number of hydrogen-bond donors (Lipinski definition) is 2. The molecular formula is C10H21NO3. The van der Waals surface area contributed by atoms with Gasteiger partial charge in [-0.2, -0.15) is 0 Å². The van der Waals surface area contributed by atoms with E-state index in [2.05, 4.69) is 5.32 Å². The third-order valence-corrected chi connectivity index (χ3v) is 2.15. The molecule has 0 aliphatic rings. The highest BCUT2D eigenvalue weighted by Crippen LogP contribution is 2.06. The summed E-state index contributed by atoms with van der Waals surface area (Å²) < 4.78 is 5.09. The van der Waals surface area contributed by atoms with Crippen LogP contribution < -0.4 is 5.32 Å². The van der Waals surface area contributed by atoms with Gasteiger partial charge >= 0.3 is 0 Å². The van der Waals surface area contributed by atoms with Gasteiger partial charge in [-0.05, 0) is 19.8 Å². The number of carbonyl (C=O) groups is 1. The van der Waals surface area contributed by atoms with Crippen molar-refractivity contribution in [3.63, 3.8) is 0 Å². The van der Waals surface area contributed by atoms with Crippen LogP contribution in [0.3, 0.4) is 0 Å². The molecule has 0 rings (SSSR count). The highest BCUT2D eigenvalue weighted by Gasteiger charge is 2.22. The Kier molecular flexibility index (Phi) is 6.49. The second-order valence-electron chi connectivity index (χ2n) is 3.67. The standard InChI is InChI=1S/C10H21NO3/c1-4-6-14-7-9(13)11-10(3,5-2)8-12/h12H,4-8H2,1-3H3,(H,11,13). The molecule has 4 nitrogen and oxygen atoms in total. The first-order chi connectivity index (χ1) is 6.58. The molecule has 0 saturated heterocycles. The van der Waals surface area contributed by atoms with Crippen LogP contribution >= 0.6 is 0 Å². The molecule has 1 unspecified atom stereocenters. The van der Waals surface area contributed by atoms with Crippen molar-refractivity contribution in [2.24, 2.45) is 0 Å². The molecule has 2 N–H and O–H groups in total. The van der Waals surface area contributed by atoms with Crippen molar-refractivity contribution >= 4 is 5.91 Å². The predicted octanol–water partition coefficient (Wildman–Crippen LogP) is 0.690. The summed E-state index contributed by atoms with van der Waals surface area (Å²) in [5, 5.41) is 11.8. The number of carbonyl (C=O) groups excluding carboxylic acids is 1. The van der Waals surface area contributed by atoms with Gasteiger partial charge in [0.1, 0.15) is 6.61 Å². The van der Waals surface area contributed by atoms with Crippen LogP contribution in [0.2, 0.25) is 0 Å². The zero-order valence-corrected chi connectivity index (χ0v) is 9.30. The summed E-state index contributed by atoms with van der Waals surface area (Å²) in [7, 11) is 0. The molecule has 0 spiro atoms. The third-order valence-electron chi connectivity index (χ3n) is 2.15. The molecule has 4 heteroatoms. The lowest BCUT2D eigenvalue weighted by molar-refractivity contribution is -0.128. The van der Waals surface area contributed by atoms with Crippen LogP contribution in [0.5, 0.6) is 0 Å². The first kappa shape index (κ1) is 13.4. The Morgan fingerprint density at radius 2 is 2.14 bits per heavy atom. The highest BCUT2D eigenvalue weighted by atomic mass is 16.5. The first-order valence-electron chi connectivity index (χ1n) is 5.07. The number of nitrogens with one attached hydrogen (secondary N) is 1. The van der Waals surface area contributed by atoms with E-state index >= 15 is 0 Å². The van der Waals surface area contributed by atoms with Gasteiger partial charge in [-0.15, -0.1) is 0 Å². The molecule has 14 heavy (non-hydrogen) atoms. The summed E-state index contributed by atoms with van der Waals surface area (Å²) in [6, 6.07) is 0.